The van der Waals surface area contributed by atoms with Crippen LogP contribution in [-0.4, -0.2) is 16.3 Å². The topological polar surface area (TPSA) is 37.5 Å². The van der Waals surface area contributed by atoms with Crippen molar-refractivity contribution in [2.24, 2.45) is 4.99 Å². The first-order chi connectivity index (χ1) is 12.0. The molecule has 3 nitrogen and oxygen atoms in total. The maximum absolute atomic E-state index is 9.52. The quantitative estimate of drug-likeness (QED) is 0.636. The lowest BCUT2D eigenvalue weighted by molar-refractivity contribution is 0.275. The zero-order valence-corrected chi connectivity index (χ0v) is 16.3. The van der Waals surface area contributed by atoms with Crippen molar-refractivity contribution >= 4 is 40.2 Å². The maximum atomic E-state index is 9.52. The van der Waals surface area contributed by atoms with Gasteiger partial charge in [-0.3, -0.25) is 0 Å². The zero-order chi connectivity index (χ0) is 18.0. The smallest absolute Gasteiger partial charge is 0.190 e. The summed E-state index contributed by atoms with van der Waals surface area (Å²) >= 11 is 13.8. The van der Waals surface area contributed by atoms with Gasteiger partial charge in [0.2, 0.25) is 0 Å². The Morgan fingerprint density at radius 1 is 1.12 bits per heavy atom. The molecule has 0 saturated heterocycles. The molecule has 6 heteroatoms. The van der Waals surface area contributed by atoms with Crippen molar-refractivity contribution in [3.8, 4) is 11.3 Å². The van der Waals surface area contributed by atoms with Crippen LogP contribution in [0.25, 0.3) is 11.3 Å². The summed E-state index contributed by atoms with van der Waals surface area (Å²) in [5.74, 6) is 0. The number of nitrogens with zero attached hydrogens (tertiary/aromatic N) is 2. The third-order valence-electron chi connectivity index (χ3n) is 3.91. The monoisotopic (exact) mass is 392 g/mol. The second-order valence-corrected chi connectivity index (χ2v) is 7.48. The number of aromatic nitrogens is 1. The summed E-state index contributed by atoms with van der Waals surface area (Å²) in [5, 5.41) is 12.7. The van der Waals surface area contributed by atoms with E-state index in [0.29, 0.717) is 22.3 Å². The molecule has 0 spiro atoms. The van der Waals surface area contributed by atoms with E-state index >= 15 is 0 Å². The van der Waals surface area contributed by atoms with Crippen molar-refractivity contribution < 1.29 is 5.11 Å². The molecule has 0 fully saturated rings. The maximum Gasteiger partial charge on any atom is 0.190 e. The Bertz CT molecular complexity index is 976. The van der Waals surface area contributed by atoms with Crippen LogP contribution in [0.4, 0.5) is 5.69 Å². The number of hydrogen-bond acceptors (Lipinski definition) is 3. The first kappa shape index (κ1) is 18.2. The van der Waals surface area contributed by atoms with Crippen LogP contribution in [0.5, 0.6) is 0 Å². The van der Waals surface area contributed by atoms with Gasteiger partial charge in [0.05, 0.1) is 23.0 Å². The third-order valence-corrected chi connectivity index (χ3v) is 5.33. The Balaban J connectivity index is 2.20. The fourth-order valence-electron chi connectivity index (χ4n) is 2.64. The number of aliphatic hydroxyl groups excluding tert-OH is 1. The zero-order valence-electron chi connectivity index (χ0n) is 14.0. The SMILES string of the molecule is Cc1ccc(C)c(-c2csc(=Nc3cc(Cl)ccc3Cl)n2CCO)c1. The molecule has 0 atom stereocenters. The number of rotatable bonds is 4. The molecule has 0 aliphatic heterocycles. The number of hydrogen-bond donors (Lipinski definition) is 1. The summed E-state index contributed by atoms with van der Waals surface area (Å²) in [5.41, 5.74) is 5.18. The van der Waals surface area contributed by atoms with Crippen LogP contribution in [-0.2, 0) is 6.54 Å². The van der Waals surface area contributed by atoms with Crippen molar-refractivity contribution in [2.75, 3.05) is 6.61 Å². The molecule has 0 aliphatic rings. The fourth-order valence-corrected chi connectivity index (χ4v) is 3.90. The van der Waals surface area contributed by atoms with Gasteiger partial charge in [0.25, 0.3) is 0 Å². The van der Waals surface area contributed by atoms with Gasteiger partial charge in [-0.05, 0) is 43.7 Å². The van der Waals surface area contributed by atoms with Crippen LogP contribution < -0.4 is 4.80 Å². The fraction of sp³-hybridized carbons (Fsp3) is 0.211. The number of halogens is 2. The van der Waals surface area contributed by atoms with E-state index in [1.165, 1.54) is 22.5 Å². The van der Waals surface area contributed by atoms with E-state index in [1.54, 1.807) is 18.2 Å². The highest BCUT2D eigenvalue weighted by Crippen LogP contribution is 2.29. The van der Waals surface area contributed by atoms with E-state index in [1.807, 2.05) is 4.57 Å². The molecule has 0 aliphatic carbocycles. The molecule has 1 aromatic heterocycles. The normalized spacial score (nSPS) is 12.0. The number of aryl methyl sites for hydroxylation is 2. The largest absolute Gasteiger partial charge is 0.395 e. The lowest BCUT2D eigenvalue weighted by Gasteiger charge is -2.11. The molecule has 1 N–H and O–H groups in total. The molecule has 0 bridgehead atoms. The summed E-state index contributed by atoms with van der Waals surface area (Å²) in [6.07, 6.45) is 0. The molecule has 3 rings (SSSR count). The highest BCUT2D eigenvalue weighted by Gasteiger charge is 2.11. The summed E-state index contributed by atoms with van der Waals surface area (Å²) < 4.78 is 2.02. The van der Waals surface area contributed by atoms with Gasteiger partial charge in [0, 0.05) is 22.5 Å². The molecule has 2 aromatic carbocycles. The van der Waals surface area contributed by atoms with Crippen molar-refractivity contribution in [3.05, 3.63) is 67.8 Å². The highest BCUT2D eigenvalue weighted by atomic mass is 35.5. The van der Waals surface area contributed by atoms with Crippen LogP contribution in [0.15, 0.2) is 46.8 Å². The van der Waals surface area contributed by atoms with Crippen molar-refractivity contribution in [3.63, 3.8) is 0 Å². The lowest BCUT2D eigenvalue weighted by atomic mass is 10.0. The molecule has 130 valence electrons. The Labute approximate surface area is 160 Å². The van der Waals surface area contributed by atoms with E-state index in [2.05, 4.69) is 42.4 Å². The van der Waals surface area contributed by atoms with Gasteiger partial charge in [-0.15, -0.1) is 11.3 Å². The number of thiazole rings is 1. The molecule has 0 radical (unpaired) electrons. The first-order valence-corrected chi connectivity index (χ1v) is 9.49. The molecular weight excluding hydrogens is 375 g/mol. The van der Waals surface area contributed by atoms with Gasteiger partial charge in [-0.25, -0.2) is 4.99 Å². The third kappa shape index (κ3) is 3.98. The molecular formula is C19H18Cl2N2OS. The molecule has 1 heterocycles. The summed E-state index contributed by atoms with van der Waals surface area (Å²) in [4.78, 5) is 5.44. The Morgan fingerprint density at radius 3 is 2.68 bits per heavy atom. The van der Waals surface area contributed by atoms with E-state index in [0.717, 1.165) is 16.1 Å². The van der Waals surface area contributed by atoms with Crippen molar-refractivity contribution in [1.82, 2.24) is 4.57 Å². The minimum Gasteiger partial charge on any atom is -0.395 e. The van der Waals surface area contributed by atoms with Crippen molar-refractivity contribution in [1.29, 1.82) is 0 Å². The number of benzene rings is 2. The Kier molecular flexibility index (Phi) is 5.64. The van der Waals surface area contributed by atoms with E-state index < -0.39 is 0 Å². The van der Waals surface area contributed by atoms with Gasteiger partial charge in [-0.1, -0.05) is 40.9 Å². The van der Waals surface area contributed by atoms with Crippen molar-refractivity contribution in [2.45, 2.75) is 20.4 Å². The van der Waals surface area contributed by atoms with E-state index in [-0.39, 0.29) is 6.61 Å². The van der Waals surface area contributed by atoms with Crippen LogP contribution in [0.2, 0.25) is 10.0 Å². The minimum absolute atomic E-state index is 0.0328. The molecule has 3 aromatic rings. The second kappa shape index (κ2) is 7.75. The molecule has 0 saturated carbocycles. The standard InChI is InChI=1S/C19H18Cl2N2OS/c1-12-3-4-13(2)15(9-12)18-11-25-19(23(18)7-8-24)22-17-10-14(20)5-6-16(17)21/h3-6,9-11,24H,7-8H2,1-2H3. The van der Waals surface area contributed by atoms with Crippen LogP contribution in [0.1, 0.15) is 11.1 Å². The number of aliphatic hydroxyl groups is 1. The van der Waals surface area contributed by atoms with Gasteiger partial charge in [0.15, 0.2) is 4.80 Å². The minimum atomic E-state index is 0.0328. The summed E-state index contributed by atoms with van der Waals surface area (Å²) in [6.45, 7) is 4.65. The van der Waals surface area contributed by atoms with Gasteiger partial charge < -0.3 is 9.67 Å². The second-order valence-electron chi connectivity index (χ2n) is 5.80. The average molecular weight is 393 g/mol. The lowest BCUT2D eigenvalue weighted by Crippen LogP contribution is -2.18. The predicted molar refractivity (Wildman–Crippen MR) is 106 cm³/mol. The van der Waals surface area contributed by atoms with Crippen LogP contribution >= 0.6 is 34.5 Å². The van der Waals surface area contributed by atoms with Gasteiger partial charge in [-0.2, -0.15) is 0 Å². The van der Waals surface area contributed by atoms with Crippen LogP contribution in [0.3, 0.4) is 0 Å². The molecule has 0 amide bonds. The van der Waals surface area contributed by atoms with Gasteiger partial charge in [0.1, 0.15) is 0 Å². The first-order valence-electron chi connectivity index (χ1n) is 7.86. The highest BCUT2D eigenvalue weighted by molar-refractivity contribution is 7.07. The Hall–Kier alpha value is -1.59. The van der Waals surface area contributed by atoms with E-state index in [4.69, 9.17) is 23.2 Å². The van der Waals surface area contributed by atoms with E-state index in [9.17, 15) is 5.11 Å². The predicted octanol–water partition coefficient (Wildman–Crippen LogP) is 5.36. The summed E-state index contributed by atoms with van der Waals surface area (Å²) in [6, 6.07) is 11.6. The molecule has 0 unspecified atom stereocenters. The average Bonchev–Trinajstić information content (AvgIpc) is 2.96. The van der Waals surface area contributed by atoms with Gasteiger partial charge >= 0.3 is 0 Å². The summed E-state index contributed by atoms with van der Waals surface area (Å²) in [7, 11) is 0. The van der Waals surface area contributed by atoms with Crippen LogP contribution in [0, 0.1) is 13.8 Å². The molecule has 25 heavy (non-hydrogen) atoms. The Morgan fingerprint density at radius 2 is 1.92 bits per heavy atom.